The fraction of sp³-hybridized carbons (Fsp3) is 0.636. The Labute approximate surface area is 111 Å². The Morgan fingerprint density at radius 3 is 2.88 bits per heavy atom. The number of carbonyl (C=O) groups is 1. The van der Waals surface area contributed by atoms with E-state index in [2.05, 4.69) is 18.2 Å². The molecule has 0 aliphatic heterocycles. The molecule has 1 aromatic heterocycles. The van der Waals surface area contributed by atoms with Crippen LogP contribution >= 0.6 is 23.1 Å². The Morgan fingerprint density at radius 1 is 1.71 bits per heavy atom. The largest absolute Gasteiger partial charge is 0.375 e. The molecule has 1 heterocycles. The monoisotopic (exact) mass is 273 g/mol. The fourth-order valence-corrected chi connectivity index (χ4v) is 2.99. The van der Waals surface area contributed by atoms with Crippen LogP contribution in [0.4, 0.5) is 5.13 Å². The number of aromatic nitrogens is 1. The number of rotatable bonds is 6. The maximum Gasteiger partial charge on any atom is 0.228 e. The molecule has 17 heavy (non-hydrogen) atoms. The molecule has 0 spiro atoms. The third-order valence-electron chi connectivity index (χ3n) is 2.67. The van der Waals surface area contributed by atoms with Gasteiger partial charge < -0.3 is 10.6 Å². The minimum Gasteiger partial charge on any atom is -0.375 e. The summed E-state index contributed by atoms with van der Waals surface area (Å²) < 4.78 is 0. The van der Waals surface area contributed by atoms with Gasteiger partial charge >= 0.3 is 0 Å². The maximum atomic E-state index is 12.0. The molecule has 2 N–H and O–H groups in total. The lowest BCUT2D eigenvalue weighted by Crippen LogP contribution is -2.39. The highest BCUT2D eigenvalue weighted by atomic mass is 32.2. The topological polar surface area (TPSA) is 59.2 Å². The van der Waals surface area contributed by atoms with E-state index in [4.69, 9.17) is 5.73 Å². The fourth-order valence-electron chi connectivity index (χ4n) is 1.58. The molecule has 0 aromatic carbocycles. The van der Waals surface area contributed by atoms with Crippen LogP contribution in [0.25, 0.3) is 0 Å². The van der Waals surface area contributed by atoms with Crippen molar-refractivity contribution in [2.75, 3.05) is 24.8 Å². The zero-order valence-corrected chi connectivity index (χ0v) is 12.1. The number of anilines is 1. The van der Waals surface area contributed by atoms with Crippen LogP contribution in [0.3, 0.4) is 0 Å². The summed E-state index contributed by atoms with van der Waals surface area (Å²) in [5.41, 5.74) is 6.31. The number of amides is 1. The van der Waals surface area contributed by atoms with E-state index >= 15 is 0 Å². The highest BCUT2D eigenvalue weighted by Gasteiger charge is 2.18. The van der Waals surface area contributed by atoms with E-state index in [-0.39, 0.29) is 5.91 Å². The summed E-state index contributed by atoms with van der Waals surface area (Å²) in [6.45, 7) is 2.10. The smallest absolute Gasteiger partial charge is 0.228 e. The van der Waals surface area contributed by atoms with E-state index in [1.807, 2.05) is 17.3 Å². The quantitative estimate of drug-likeness (QED) is 0.859. The SMILES string of the molecule is CCC(CSC)N(C)C(=O)Cc1csc(N)n1. The number of hydrogen-bond donors (Lipinski definition) is 1. The van der Waals surface area contributed by atoms with E-state index in [1.54, 1.807) is 11.8 Å². The number of nitrogen functional groups attached to an aromatic ring is 1. The minimum absolute atomic E-state index is 0.108. The molecule has 1 rings (SSSR count). The predicted molar refractivity (Wildman–Crippen MR) is 75.5 cm³/mol. The van der Waals surface area contributed by atoms with Crippen molar-refractivity contribution in [2.24, 2.45) is 0 Å². The van der Waals surface area contributed by atoms with Crippen LogP contribution in [0, 0.1) is 0 Å². The van der Waals surface area contributed by atoms with Crippen LogP contribution in [0.1, 0.15) is 19.0 Å². The summed E-state index contributed by atoms with van der Waals surface area (Å²) in [7, 11) is 1.86. The normalized spacial score (nSPS) is 12.4. The molecule has 0 radical (unpaired) electrons. The van der Waals surface area contributed by atoms with Gasteiger partial charge in [0.05, 0.1) is 12.1 Å². The molecule has 0 bridgehead atoms. The first-order valence-electron chi connectivity index (χ1n) is 5.53. The van der Waals surface area contributed by atoms with Gasteiger partial charge in [0.1, 0.15) is 0 Å². The van der Waals surface area contributed by atoms with Crippen LogP contribution in [0.15, 0.2) is 5.38 Å². The van der Waals surface area contributed by atoms with Crippen LogP contribution in [-0.4, -0.2) is 40.9 Å². The van der Waals surface area contributed by atoms with Gasteiger partial charge in [-0.3, -0.25) is 4.79 Å². The number of carbonyl (C=O) groups excluding carboxylic acids is 1. The van der Waals surface area contributed by atoms with Crippen LogP contribution < -0.4 is 5.73 Å². The van der Waals surface area contributed by atoms with Gasteiger partial charge in [0.2, 0.25) is 5.91 Å². The Balaban J connectivity index is 2.56. The lowest BCUT2D eigenvalue weighted by atomic mass is 10.2. The third kappa shape index (κ3) is 4.20. The number of nitrogens with two attached hydrogens (primary N) is 1. The molecule has 0 saturated carbocycles. The predicted octanol–water partition coefficient (Wildman–Crippen LogP) is 1.87. The molecular formula is C11H19N3OS2. The van der Waals surface area contributed by atoms with Crippen molar-refractivity contribution in [1.29, 1.82) is 0 Å². The molecule has 0 fully saturated rings. The first-order valence-corrected chi connectivity index (χ1v) is 7.80. The molecule has 0 aliphatic carbocycles. The Bertz CT molecular complexity index is 367. The van der Waals surface area contributed by atoms with E-state index in [9.17, 15) is 4.79 Å². The summed E-state index contributed by atoms with van der Waals surface area (Å²) in [5, 5.41) is 2.36. The van der Waals surface area contributed by atoms with E-state index in [1.165, 1.54) is 11.3 Å². The molecule has 1 amide bonds. The summed E-state index contributed by atoms with van der Waals surface area (Å²) in [6, 6.07) is 0.300. The summed E-state index contributed by atoms with van der Waals surface area (Å²) >= 11 is 3.14. The average molecular weight is 273 g/mol. The molecule has 1 aromatic rings. The summed E-state index contributed by atoms with van der Waals surface area (Å²) in [5.74, 6) is 1.08. The van der Waals surface area contributed by atoms with Crippen LogP contribution in [0.5, 0.6) is 0 Å². The summed E-state index contributed by atoms with van der Waals surface area (Å²) in [4.78, 5) is 18.0. The highest BCUT2D eigenvalue weighted by molar-refractivity contribution is 7.98. The van der Waals surface area contributed by atoms with Crippen LogP contribution in [0.2, 0.25) is 0 Å². The number of thiazole rings is 1. The Kier molecular flexibility index (Phi) is 5.77. The van der Waals surface area contributed by atoms with Gasteiger partial charge in [-0.15, -0.1) is 11.3 Å². The molecular weight excluding hydrogens is 254 g/mol. The van der Waals surface area contributed by atoms with Crippen molar-refractivity contribution < 1.29 is 4.79 Å². The Morgan fingerprint density at radius 2 is 2.41 bits per heavy atom. The van der Waals surface area contributed by atoms with E-state index < -0.39 is 0 Å². The van der Waals surface area contributed by atoms with Crippen molar-refractivity contribution in [1.82, 2.24) is 9.88 Å². The second-order valence-corrected chi connectivity index (χ2v) is 5.68. The standard InChI is InChI=1S/C11H19N3OS2/c1-4-9(7-16-3)14(2)10(15)5-8-6-17-11(12)13-8/h6,9H,4-5,7H2,1-3H3,(H2,12,13). The van der Waals surface area contributed by atoms with Gasteiger partial charge in [0.25, 0.3) is 0 Å². The molecule has 6 heteroatoms. The van der Waals surface area contributed by atoms with Gasteiger partial charge in [0.15, 0.2) is 5.13 Å². The van der Waals surface area contributed by atoms with Crippen molar-refractivity contribution >= 4 is 34.1 Å². The number of nitrogens with zero attached hydrogens (tertiary/aromatic N) is 2. The molecule has 1 atom stereocenters. The second kappa shape index (κ2) is 6.86. The highest BCUT2D eigenvalue weighted by Crippen LogP contribution is 2.14. The van der Waals surface area contributed by atoms with Crippen molar-refractivity contribution in [3.05, 3.63) is 11.1 Å². The molecule has 0 saturated heterocycles. The third-order valence-corrected chi connectivity index (χ3v) is 4.11. The number of hydrogen-bond acceptors (Lipinski definition) is 5. The van der Waals surface area contributed by atoms with Crippen molar-refractivity contribution in [3.8, 4) is 0 Å². The van der Waals surface area contributed by atoms with Gasteiger partial charge in [-0.25, -0.2) is 4.98 Å². The Hall–Kier alpha value is -0.750. The van der Waals surface area contributed by atoms with Gasteiger partial charge in [-0.2, -0.15) is 11.8 Å². The van der Waals surface area contributed by atoms with Crippen molar-refractivity contribution in [3.63, 3.8) is 0 Å². The van der Waals surface area contributed by atoms with E-state index in [0.717, 1.165) is 17.9 Å². The van der Waals surface area contributed by atoms with Gasteiger partial charge in [0, 0.05) is 24.2 Å². The van der Waals surface area contributed by atoms with Gasteiger partial charge in [-0.1, -0.05) is 6.92 Å². The maximum absolute atomic E-state index is 12.0. The lowest BCUT2D eigenvalue weighted by molar-refractivity contribution is -0.130. The second-order valence-electron chi connectivity index (χ2n) is 3.88. The molecule has 96 valence electrons. The first kappa shape index (κ1) is 14.3. The van der Waals surface area contributed by atoms with Gasteiger partial charge in [-0.05, 0) is 12.7 Å². The lowest BCUT2D eigenvalue weighted by Gasteiger charge is -2.26. The zero-order valence-electron chi connectivity index (χ0n) is 10.5. The van der Waals surface area contributed by atoms with Crippen molar-refractivity contribution in [2.45, 2.75) is 25.8 Å². The minimum atomic E-state index is 0.108. The van der Waals surface area contributed by atoms with E-state index in [0.29, 0.717) is 17.6 Å². The average Bonchev–Trinajstić information content (AvgIpc) is 2.70. The molecule has 4 nitrogen and oxygen atoms in total. The summed E-state index contributed by atoms with van der Waals surface area (Å²) in [6.07, 6.45) is 3.37. The molecule has 1 unspecified atom stereocenters. The first-order chi connectivity index (χ1) is 8.08. The van der Waals surface area contributed by atoms with Crippen LogP contribution in [-0.2, 0) is 11.2 Å². The zero-order chi connectivity index (χ0) is 12.8. The number of thioether (sulfide) groups is 1. The number of likely N-dealkylation sites (N-methyl/N-ethyl adjacent to an activating group) is 1. The molecule has 0 aliphatic rings.